The SMILES string of the molecule is CCc1cc2nc(-c3ccc(C)c(C)c3)ccc2c(OC)c1OC. The number of nitrogens with zero attached hydrogens (tertiary/aromatic N) is 1. The third-order valence-electron chi connectivity index (χ3n) is 4.57. The van der Waals surface area contributed by atoms with Crippen molar-refractivity contribution >= 4 is 10.9 Å². The minimum atomic E-state index is 0.756. The molecule has 0 saturated carbocycles. The first-order valence-electron chi connectivity index (χ1n) is 8.21. The van der Waals surface area contributed by atoms with Crippen LogP contribution in [0, 0.1) is 13.8 Å². The van der Waals surface area contributed by atoms with Gasteiger partial charge in [0.15, 0.2) is 11.5 Å². The van der Waals surface area contributed by atoms with Gasteiger partial charge in [-0.15, -0.1) is 0 Å². The molecule has 2 aromatic carbocycles. The normalized spacial score (nSPS) is 10.9. The van der Waals surface area contributed by atoms with Crippen LogP contribution in [0.15, 0.2) is 36.4 Å². The first kappa shape index (κ1) is 16.3. The average Bonchev–Trinajstić information content (AvgIpc) is 2.61. The van der Waals surface area contributed by atoms with E-state index < -0.39 is 0 Å². The number of pyridine rings is 1. The fourth-order valence-corrected chi connectivity index (χ4v) is 3.03. The molecule has 124 valence electrons. The van der Waals surface area contributed by atoms with E-state index in [1.165, 1.54) is 11.1 Å². The van der Waals surface area contributed by atoms with Crippen molar-refractivity contribution in [2.45, 2.75) is 27.2 Å². The van der Waals surface area contributed by atoms with Crippen molar-refractivity contribution in [2.75, 3.05) is 14.2 Å². The van der Waals surface area contributed by atoms with E-state index in [1.807, 2.05) is 6.07 Å². The van der Waals surface area contributed by atoms with Crippen LogP contribution in [0.3, 0.4) is 0 Å². The minimum absolute atomic E-state index is 0.756. The number of benzene rings is 2. The predicted molar refractivity (Wildman–Crippen MR) is 99.1 cm³/mol. The number of aromatic nitrogens is 1. The van der Waals surface area contributed by atoms with Crippen molar-refractivity contribution in [1.82, 2.24) is 4.98 Å². The van der Waals surface area contributed by atoms with Gasteiger partial charge in [-0.05, 0) is 61.2 Å². The number of fused-ring (bicyclic) bond motifs is 1. The van der Waals surface area contributed by atoms with Crippen molar-refractivity contribution in [3.63, 3.8) is 0 Å². The van der Waals surface area contributed by atoms with Gasteiger partial charge in [-0.1, -0.05) is 19.1 Å². The van der Waals surface area contributed by atoms with E-state index in [0.29, 0.717) is 0 Å². The highest BCUT2D eigenvalue weighted by molar-refractivity contribution is 5.91. The van der Waals surface area contributed by atoms with E-state index in [2.05, 4.69) is 51.1 Å². The lowest BCUT2D eigenvalue weighted by Gasteiger charge is -2.15. The summed E-state index contributed by atoms with van der Waals surface area (Å²) in [6.07, 6.45) is 0.866. The number of aryl methyl sites for hydroxylation is 3. The van der Waals surface area contributed by atoms with E-state index in [-0.39, 0.29) is 0 Å². The largest absolute Gasteiger partial charge is 0.493 e. The van der Waals surface area contributed by atoms with Crippen molar-refractivity contribution in [3.05, 3.63) is 53.1 Å². The molecule has 0 aliphatic carbocycles. The van der Waals surface area contributed by atoms with Gasteiger partial charge in [-0.2, -0.15) is 0 Å². The highest BCUT2D eigenvalue weighted by atomic mass is 16.5. The quantitative estimate of drug-likeness (QED) is 0.670. The van der Waals surface area contributed by atoms with Crippen LogP contribution >= 0.6 is 0 Å². The fourth-order valence-electron chi connectivity index (χ4n) is 3.03. The van der Waals surface area contributed by atoms with Gasteiger partial charge in [0, 0.05) is 10.9 Å². The number of ether oxygens (including phenoxy) is 2. The van der Waals surface area contributed by atoms with Crippen LogP contribution in [0.25, 0.3) is 22.2 Å². The van der Waals surface area contributed by atoms with E-state index in [0.717, 1.165) is 45.6 Å². The highest BCUT2D eigenvalue weighted by Crippen LogP contribution is 2.39. The summed E-state index contributed by atoms with van der Waals surface area (Å²) >= 11 is 0. The zero-order valence-corrected chi connectivity index (χ0v) is 14.9. The Balaban J connectivity index is 2.22. The lowest BCUT2D eigenvalue weighted by Crippen LogP contribution is -1.98. The highest BCUT2D eigenvalue weighted by Gasteiger charge is 2.15. The van der Waals surface area contributed by atoms with Crippen molar-refractivity contribution in [1.29, 1.82) is 0 Å². The van der Waals surface area contributed by atoms with Gasteiger partial charge < -0.3 is 9.47 Å². The van der Waals surface area contributed by atoms with Gasteiger partial charge in [0.05, 0.1) is 25.4 Å². The summed E-state index contributed by atoms with van der Waals surface area (Å²) in [5, 5.41) is 0.971. The second-order valence-corrected chi connectivity index (χ2v) is 6.02. The molecular weight excluding hydrogens is 298 g/mol. The van der Waals surface area contributed by atoms with Gasteiger partial charge in [0.2, 0.25) is 0 Å². The van der Waals surface area contributed by atoms with Gasteiger partial charge in [-0.3, -0.25) is 0 Å². The molecule has 24 heavy (non-hydrogen) atoms. The molecular formula is C21H23NO2. The number of methoxy groups -OCH3 is 2. The molecule has 0 N–H and O–H groups in total. The number of rotatable bonds is 4. The van der Waals surface area contributed by atoms with E-state index in [4.69, 9.17) is 14.5 Å². The number of hydrogen-bond donors (Lipinski definition) is 0. The second kappa shape index (κ2) is 6.52. The molecule has 0 amide bonds. The summed E-state index contributed by atoms with van der Waals surface area (Å²) < 4.78 is 11.2. The van der Waals surface area contributed by atoms with Gasteiger partial charge in [-0.25, -0.2) is 4.98 Å². The van der Waals surface area contributed by atoms with Crippen molar-refractivity contribution in [3.8, 4) is 22.8 Å². The summed E-state index contributed by atoms with van der Waals surface area (Å²) in [5.74, 6) is 1.55. The Kier molecular flexibility index (Phi) is 4.43. The molecule has 0 saturated heterocycles. The minimum Gasteiger partial charge on any atom is -0.493 e. The Bertz CT molecular complexity index is 900. The Morgan fingerprint density at radius 3 is 2.25 bits per heavy atom. The van der Waals surface area contributed by atoms with Crippen LogP contribution in [-0.2, 0) is 6.42 Å². The molecule has 0 aliphatic heterocycles. The maximum absolute atomic E-state index is 5.61. The molecule has 1 heterocycles. The summed E-state index contributed by atoms with van der Waals surface area (Å²) in [5.41, 5.74) is 6.70. The van der Waals surface area contributed by atoms with Crippen LogP contribution in [0.2, 0.25) is 0 Å². The zero-order chi connectivity index (χ0) is 17.3. The van der Waals surface area contributed by atoms with Crippen LogP contribution in [-0.4, -0.2) is 19.2 Å². The van der Waals surface area contributed by atoms with Crippen LogP contribution in [0.1, 0.15) is 23.6 Å². The Hall–Kier alpha value is -2.55. The third-order valence-corrected chi connectivity index (χ3v) is 4.57. The van der Waals surface area contributed by atoms with Crippen LogP contribution in [0.4, 0.5) is 0 Å². The fraction of sp³-hybridized carbons (Fsp3) is 0.286. The maximum atomic E-state index is 5.61. The molecule has 0 unspecified atom stereocenters. The summed E-state index contributed by atoms with van der Waals surface area (Å²) in [6, 6.07) is 12.7. The molecule has 3 aromatic rings. The lowest BCUT2D eigenvalue weighted by atomic mass is 10.0. The molecule has 1 aromatic heterocycles. The van der Waals surface area contributed by atoms with Crippen LogP contribution in [0.5, 0.6) is 11.5 Å². The second-order valence-electron chi connectivity index (χ2n) is 6.02. The van der Waals surface area contributed by atoms with Crippen molar-refractivity contribution in [2.24, 2.45) is 0 Å². The molecule has 0 radical (unpaired) electrons. The molecule has 0 atom stereocenters. The monoisotopic (exact) mass is 321 g/mol. The Morgan fingerprint density at radius 1 is 0.875 bits per heavy atom. The predicted octanol–water partition coefficient (Wildman–Crippen LogP) is 5.10. The maximum Gasteiger partial charge on any atom is 0.170 e. The summed E-state index contributed by atoms with van der Waals surface area (Å²) in [6.45, 7) is 6.36. The molecule has 0 aliphatic rings. The lowest BCUT2D eigenvalue weighted by molar-refractivity contribution is 0.355. The standard InChI is InChI=1S/C21H23NO2/c1-6-15-12-19-17(21(24-5)20(15)23-4)9-10-18(22-19)16-8-7-13(2)14(3)11-16/h7-12H,6H2,1-5H3. The van der Waals surface area contributed by atoms with E-state index in [1.54, 1.807) is 14.2 Å². The summed E-state index contributed by atoms with van der Waals surface area (Å²) in [4.78, 5) is 4.87. The molecule has 3 nitrogen and oxygen atoms in total. The Morgan fingerprint density at radius 2 is 1.62 bits per heavy atom. The first-order chi connectivity index (χ1) is 11.6. The topological polar surface area (TPSA) is 31.4 Å². The molecule has 0 fully saturated rings. The van der Waals surface area contributed by atoms with Crippen LogP contribution < -0.4 is 9.47 Å². The summed E-state index contributed by atoms with van der Waals surface area (Å²) in [7, 11) is 3.35. The average molecular weight is 321 g/mol. The zero-order valence-electron chi connectivity index (χ0n) is 14.9. The Labute approximate surface area is 143 Å². The van der Waals surface area contributed by atoms with Crippen molar-refractivity contribution < 1.29 is 9.47 Å². The van der Waals surface area contributed by atoms with Gasteiger partial charge >= 0.3 is 0 Å². The molecule has 3 rings (SSSR count). The molecule has 3 heteroatoms. The number of hydrogen-bond acceptors (Lipinski definition) is 3. The molecule has 0 spiro atoms. The third kappa shape index (κ3) is 2.71. The van der Waals surface area contributed by atoms with Gasteiger partial charge in [0.1, 0.15) is 0 Å². The van der Waals surface area contributed by atoms with Gasteiger partial charge in [0.25, 0.3) is 0 Å². The van der Waals surface area contributed by atoms with E-state index >= 15 is 0 Å². The molecule has 0 bridgehead atoms. The first-order valence-corrected chi connectivity index (χ1v) is 8.21. The van der Waals surface area contributed by atoms with E-state index in [9.17, 15) is 0 Å². The smallest absolute Gasteiger partial charge is 0.170 e.